The Morgan fingerprint density at radius 3 is 2.59 bits per heavy atom. The van der Waals surface area contributed by atoms with E-state index in [0.29, 0.717) is 25.3 Å². The molecule has 0 N–H and O–H groups in total. The maximum Gasteiger partial charge on any atom is 0.253 e. The Morgan fingerprint density at radius 1 is 1.15 bits per heavy atom. The average molecular weight is 373 g/mol. The molecule has 1 aromatic carbocycles. The fourth-order valence-electron chi connectivity index (χ4n) is 3.41. The number of piperidine rings is 1. The Kier molecular flexibility index (Phi) is 7.22. The summed E-state index contributed by atoms with van der Waals surface area (Å²) < 4.78 is 19.1. The first-order valence-corrected chi connectivity index (χ1v) is 9.65. The summed E-state index contributed by atoms with van der Waals surface area (Å²) in [6.45, 7) is 6.86. The van der Waals surface area contributed by atoms with E-state index < -0.39 is 0 Å². The van der Waals surface area contributed by atoms with E-state index in [2.05, 4.69) is 28.7 Å². The number of hydrogen-bond acceptors (Lipinski definition) is 4. The van der Waals surface area contributed by atoms with E-state index in [1.165, 1.54) is 12.1 Å². The molecule has 3 rings (SSSR count). The zero-order chi connectivity index (χ0) is 19.1. The summed E-state index contributed by atoms with van der Waals surface area (Å²) in [7, 11) is 2.15. The molecule has 0 bridgehead atoms. The molecular weight excluding hydrogens is 345 g/mol. The number of benzene rings is 1. The molecule has 5 nitrogen and oxygen atoms in total. The van der Waals surface area contributed by atoms with Gasteiger partial charge in [-0.1, -0.05) is 17.9 Å². The number of rotatable bonds is 4. The molecule has 0 saturated carbocycles. The zero-order valence-electron chi connectivity index (χ0n) is 16.0. The molecule has 0 unspecified atom stereocenters. The predicted octanol–water partition coefficient (Wildman–Crippen LogP) is 1.70. The van der Waals surface area contributed by atoms with Crippen LogP contribution in [0.3, 0.4) is 0 Å². The fourth-order valence-corrected chi connectivity index (χ4v) is 3.41. The minimum absolute atomic E-state index is 0.111. The highest BCUT2D eigenvalue weighted by Gasteiger charge is 2.24. The van der Waals surface area contributed by atoms with E-state index >= 15 is 0 Å². The number of hydrogen-bond donors (Lipinski definition) is 0. The molecule has 1 amide bonds. The first-order valence-electron chi connectivity index (χ1n) is 9.65. The molecule has 0 atom stereocenters. The van der Waals surface area contributed by atoms with Gasteiger partial charge in [-0.05, 0) is 38.1 Å². The van der Waals surface area contributed by atoms with Crippen molar-refractivity contribution in [3.8, 4) is 11.8 Å². The molecule has 2 fully saturated rings. The lowest BCUT2D eigenvalue weighted by atomic mass is 10.1. The molecule has 27 heavy (non-hydrogen) atoms. The van der Waals surface area contributed by atoms with Crippen molar-refractivity contribution < 1.29 is 13.9 Å². The largest absolute Gasteiger partial charge is 0.365 e. The second kappa shape index (κ2) is 9.84. The van der Waals surface area contributed by atoms with Crippen LogP contribution in [-0.2, 0) is 4.74 Å². The molecule has 146 valence electrons. The third kappa shape index (κ3) is 6.03. The van der Waals surface area contributed by atoms with E-state index in [-0.39, 0.29) is 17.8 Å². The molecule has 2 aliphatic rings. The lowest BCUT2D eigenvalue weighted by Crippen LogP contribution is -2.44. The highest BCUT2D eigenvalue weighted by Crippen LogP contribution is 2.16. The maximum atomic E-state index is 13.3. The van der Waals surface area contributed by atoms with Crippen LogP contribution < -0.4 is 0 Å². The van der Waals surface area contributed by atoms with Crippen molar-refractivity contribution in [2.45, 2.75) is 18.9 Å². The Hall–Kier alpha value is -1.94. The van der Waals surface area contributed by atoms with Crippen LogP contribution in [0.2, 0.25) is 0 Å². The van der Waals surface area contributed by atoms with E-state index in [1.807, 2.05) is 0 Å². The third-order valence-corrected chi connectivity index (χ3v) is 5.22. The smallest absolute Gasteiger partial charge is 0.253 e. The van der Waals surface area contributed by atoms with Gasteiger partial charge in [-0.15, -0.1) is 0 Å². The Balaban J connectivity index is 1.34. The van der Waals surface area contributed by atoms with Gasteiger partial charge in [0.1, 0.15) is 12.4 Å². The van der Waals surface area contributed by atoms with Crippen molar-refractivity contribution >= 4 is 5.91 Å². The van der Waals surface area contributed by atoms with E-state index in [0.717, 1.165) is 45.6 Å². The Labute approximate surface area is 161 Å². The molecule has 1 aromatic rings. The first kappa shape index (κ1) is 19.8. The SMILES string of the molecule is CN1CCN(CC#CCOC2CCN(C(=O)c3cccc(F)c3)CC2)CC1. The lowest BCUT2D eigenvalue weighted by Gasteiger charge is -2.31. The van der Waals surface area contributed by atoms with Gasteiger partial charge in [0, 0.05) is 44.8 Å². The summed E-state index contributed by atoms with van der Waals surface area (Å²) in [6, 6.07) is 5.87. The van der Waals surface area contributed by atoms with Crippen LogP contribution in [0.1, 0.15) is 23.2 Å². The molecule has 0 radical (unpaired) electrons. The minimum atomic E-state index is -0.380. The van der Waals surface area contributed by atoms with Crippen molar-refractivity contribution in [1.29, 1.82) is 0 Å². The average Bonchev–Trinajstić information content (AvgIpc) is 2.69. The normalized spacial score (nSPS) is 19.6. The molecule has 0 spiro atoms. The van der Waals surface area contributed by atoms with Gasteiger partial charge >= 0.3 is 0 Å². The van der Waals surface area contributed by atoms with Crippen molar-refractivity contribution in [1.82, 2.24) is 14.7 Å². The highest BCUT2D eigenvalue weighted by molar-refractivity contribution is 5.94. The molecule has 0 aliphatic carbocycles. The van der Waals surface area contributed by atoms with Crippen LogP contribution in [0.5, 0.6) is 0 Å². The van der Waals surface area contributed by atoms with Crippen LogP contribution in [0.4, 0.5) is 4.39 Å². The second-order valence-corrected chi connectivity index (χ2v) is 7.25. The number of halogens is 1. The van der Waals surface area contributed by atoms with Crippen LogP contribution >= 0.6 is 0 Å². The standard InChI is InChI=1S/C21H28FN3O2/c1-23-12-14-24(15-13-23)9-2-3-16-27-20-7-10-25(11-8-20)21(26)18-5-4-6-19(22)17-18/h4-6,17,20H,7-16H2,1H3. The van der Waals surface area contributed by atoms with Crippen LogP contribution in [0, 0.1) is 17.7 Å². The topological polar surface area (TPSA) is 36.0 Å². The molecule has 2 saturated heterocycles. The predicted molar refractivity (Wildman–Crippen MR) is 103 cm³/mol. The van der Waals surface area contributed by atoms with E-state index in [4.69, 9.17) is 4.74 Å². The van der Waals surface area contributed by atoms with Gasteiger partial charge < -0.3 is 14.5 Å². The molecule has 2 aliphatic heterocycles. The van der Waals surface area contributed by atoms with Crippen LogP contribution in [0.15, 0.2) is 24.3 Å². The van der Waals surface area contributed by atoms with Gasteiger partial charge in [-0.2, -0.15) is 0 Å². The van der Waals surface area contributed by atoms with Gasteiger partial charge in [0.15, 0.2) is 0 Å². The summed E-state index contributed by atoms with van der Waals surface area (Å²) in [5, 5.41) is 0. The maximum absolute atomic E-state index is 13.3. The van der Waals surface area contributed by atoms with Crippen molar-refractivity contribution in [3.63, 3.8) is 0 Å². The number of carbonyl (C=O) groups excluding carboxylic acids is 1. The van der Waals surface area contributed by atoms with Gasteiger partial charge in [0.25, 0.3) is 5.91 Å². The van der Waals surface area contributed by atoms with Crippen LogP contribution in [0.25, 0.3) is 0 Å². The number of likely N-dealkylation sites (tertiary alicyclic amines) is 1. The lowest BCUT2D eigenvalue weighted by molar-refractivity contribution is 0.0230. The quantitative estimate of drug-likeness (QED) is 0.753. The fraction of sp³-hybridized carbons (Fsp3) is 0.571. The third-order valence-electron chi connectivity index (χ3n) is 5.22. The van der Waals surface area contributed by atoms with Gasteiger partial charge in [0.2, 0.25) is 0 Å². The number of likely N-dealkylation sites (N-methyl/N-ethyl adjacent to an activating group) is 1. The molecule has 0 aromatic heterocycles. The van der Waals surface area contributed by atoms with Crippen molar-refractivity contribution in [3.05, 3.63) is 35.6 Å². The minimum Gasteiger partial charge on any atom is -0.365 e. The Morgan fingerprint density at radius 2 is 1.89 bits per heavy atom. The number of piperazine rings is 1. The van der Waals surface area contributed by atoms with Crippen molar-refractivity contribution in [2.24, 2.45) is 0 Å². The number of carbonyl (C=O) groups is 1. The van der Waals surface area contributed by atoms with E-state index in [9.17, 15) is 9.18 Å². The number of ether oxygens (including phenoxy) is 1. The first-order chi connectivity index (χ1) is 13.1. The van der Waals surface area contributed by atoms with Gasteiger partial charge in [-0.3, -0.25) is 9.69 Å². The number of amides is 1. The van der Waals surface area contributed by atoms with E-state index in [1.54, 1.807) is 17.0 Å². The molecule has 2 heterocycles. The zero-order valence-corrected chi connectivity index (χ0v) is 16.0. The molecule has 6 heteroatoms. The number of nitrogens with zero attached hydrogens (tertiary/aromatic N) is 3. The molecular formula is C21H28FN3O2. The second-order valence-electron chi connectivity index (χ2n) is 7.25. The van der Waals surface area contributed by atoms with Crippen LogP contribution in [-0.4, -0.2) is 86.2 Å². The highest BCUT2D eigenvalue weighted by atomic mass is 19.1. The summed E-state index contributed by atoms with van der Waals surface area (Å²) in [5.41, 5.74) is 0.407. The summed E-state index contributed by atoms with van der Waals surface area (Å²) in [5.74, 6) is 5.81. The summed E-state index contributed by atoms with van der Waals surface area (Å²) >= 11 is 0. The Bertz CT molecular complexity index is 684. The van der Waals surface area contributed by atoms with Gasteiger partial charge in [-0.25, -0.2) is 4.39 Å². The van der Waals surface area contributed by atoms with Gasteiger partial charge in [0.05, 0.1) is 12.6 Å². The van der Waals surface area contributed by atoms with Crippen molar-refractivity contribution in [2.75, 3.05) is 59.5 Å². The summed E-state index contributed by atoms with van der Waals surface area (Å²) in [6.07, 6.45) is 1.72. The summed E-state index contributed by atoms with van der Waals surface area (Å²) in [4.78, 5) is 18.9. The monoisotopic (exact) mass is 373 g/mol.